The van der Waals surface area contributed by atoms with Crippen LogP contribution in [0, 0.1) is 0 Å². The zero-order valence-electron chi connectivity index (χ0n) is 14.1. The predicted molar refractivity (Wildman–Crippen MR) is 103 cm³/mol. The number of rotatable bonds is 4. The molecule has 0 saturated heterocycles. The van der Waals surface area contributed by atoms with Crippen LogP contribution in [0.1, 0.15) is 26.3 Å². The molecule has 5 nitrogen and oxygen atoms in total. The Morgan fingerprint density at radius 3 is 2.56 bits per heavy atom. The summed E-state index contributed by atoms with van der Waals surface area (Å²) in [5.74, 6) is 0.704. The van der Waals surface area contributed by atoms with Crippen molar-refractivity contribution in [3.8, 4) is 11.3 Å². The second-order valence-corrected chi connectivity index (χ2v) is 8.49. The van der Waals surface area contributed by atoms with Crippen molar-refractivity contribution >= 4 is 34.9 Å². The van der Waals surface area contributed by atoms with Gasteiger partial charge in [-0.2, -0.15) is 5.10 Å². The molecule has 3 rings (SSSR count). The van der Waals surface area contributed by atoms with Crippen LogP contribution in [-0.4, -0.2) is 19.4 Å². The Hall–Kier alpha value is -1.70. The Morgan fingerprint density at radius 2 is 1.96 bits per heavy atom. The molecule has 0 fully saturated rings. The first kappa shape index (κ1) is 18.1. The molecule has 3 aromatic rings. The zero-order valence-corrected chi connectivity index (χ0v) is 16.5. The Labute approximate surface area is 159 Å². The van der Waals surface area contributed by atoms with Crippen molar-refractivity contribution in [3.05, 3.63) is 56.8 Å². The number of thioether (sulfide) groups is 1. The van der Waals surface area contributed by atoms with E-state index in [0.717, 1.165) is 16.8 Å². The lowest BCUT2D eigenvalue weighted by Crippen LogP contribution is -2.36. The molecule has 2 heterocycles. The lowest BCUT2D eigenvalue weighted by Gasteiger charge is -2.21. The summed E-state index contributed by atoms with van der Waals surface area (Å²) in [6.07, 6.45) is 1.66. The van der Waals surface area contributed by atoms with Crippen molar-refractivity contribution in [2.24, 2.45) is 0 Å². The quantitative estimate of drug-likeness (QED) is 0.613. The Bertz CT molecular complexity index is 915. The summed E-state index contributed by atoms with van der Waals surface area (Å²) in [6.45, 7) is 5.76. The Morgan fingerprint density at radius 1 is 1.24 bits per heavy atom. The molecule has 0 aliphatic rings. The van der Waals surface area contributed by atoms with E-state index in [9.17, 15) is 4.79 Å². The molecule has 0 amide bonds. The third kappa shape index (κ3) is 4.11. The fourth-order valence-electron chi connectivity index (χ4n) is 2.22. The van der Waals surface area contributed by atoms with Crippen LogP contribution in [0.2, 0.25) is 5.02 Å². The van der Waals surface area contributed by atoms with Crippen molar-refractivity contribution in [2.45, 2.75) is 37.0 Å². The van der Waals surface area contributed by atoms with Crippen molar-refractivity contribution in [1.29, 1.82) is 0 Å². The maximum atomic E-state index is 12.4. The number of hydrogen-bond donors (Lipinski definition) is 0. The molecule has 0 bridgehead atoms. The van der Waals surface area contributed by atoms with Gasteiger partial charge in [0.1, 0.15) is 10.7 Å². The van der Waals surface area contributed by atoms with E-state index in [-0.39, 0.29) is 10.6 Å². The van der Waals surface area contributed by atoms with E-state index in [4.69, 9.17) is 11.6 Å². The molecule has 0 N–H and O–H groups in total. The van der Waals surface area contributed by atoms with E-state index < -0.39 is 5.54 Å². The third-order valence-corrected chi connectivity index (χ3v) is 5.61. The number of aromatic nitrogens is 4. The SMILES string of the molecule is CC(C)(C)n1ncc(SCc2ccc(-c3csnn3)cc2)c(Cl)c1=O. The summed E-state index contributed by atoms with van der Waals surface area (Å²) in [5, 5.41) is 10.5. The molecule has 0 aliphatic carbocycles. The van der Waals surface area contributed by atoms with Gasteiger partial charge in [0.2, 0.25) is 0 Å². The standard InChI is InChI=1S/C17H17ClN4OS2/c1-17(2,3)22-16(23)15(18)14(8-19-22)24-9-11-4-6-12(7-5-11)13-10-25-21-20-13/h4-8,10H,9H2,1-3H3. The summed E-state index contributed by atoms with van der Waals surface area (Å²) in [5.41, 5.74) is 2.39. The highest BCUT2D eigenvalue weighted by Crippen LogP contribution is 2.28. The second-order valence-electron chi connectivity index (χ2n) is 6.49. The van der Waals surface area contributed by atoms with Gasteiger partial charge in [-0.25, -0.2) is 4.68 Å². The molecular formula is C17H17ClN4OS2. The lowest BCUT2D eigenvalue weighted by molar-refractivity contribution is 0.336. The van der Waals surface area contributed by atoms with Crippen LogP contribution < -0.4 is 5.56 Å². The lowest BCUT2D eigenvalue weighted by atomic mass is 10.1. The van der Waals surface area contributed by atoms with Crippen molar-refractivity contribution in [3.63, 3.8) is 0 Å². The Balaban J connectivity index is 1.74. The monoisotopic (exact) mass is 392 g/mol. The first-order valence-electron chi connectivity index (χ1n) is 7.64. The van der Waals surface area contributed by atoms with E-state index in [1.807, 2.05) is 50.4 Å². The fraction of sp³-hybridized carbons (Fsp3) is 0.294. The van der Waals surface area contributed by atoms with Gasteiger partial charge >= 0.3 is 0 Å². The van der Waals surface area contributed by atoms with Crippen molar-refractivity contribution in [2.75, 3.05) is 0 Å². The molecule has 0 radical (unpaired) electrons. The summed E-state index contributed by atoms with van der Waals surface area (Å²) in [6, 6.07) is 8.12. The molecule has 0 spiro atoms. The van der Waals surface area contributed by atoms with E-state index in [2.05, 4.69) is 14.7 Å². The predicted octanol–water partition coefficient (Wildman–Crippen LogP) is 4.46. The van der Waals surface area contributed by atoms with E-state index in [1.54, 1.807) is 6.20 Å². The van der Waals surface area contributed by atoms with Gasteiger partial charge in [0.15, 0.2) is 0 Å². The molecule has 0 saturated carbocycles. The average molecular weight is 393 g/mol. The molecule has 2 aromatic heterocycles. The van der Waals surface area contributed by atoms with Gasteiger partial charge in [-0.05, 0) is 37.9 Å². The van der Waals surface area contributed by atoms with E-state index in [1.165, 1.54) is 28.0 Å². The number of hydrogen-bond acceptors (Lipinski definition) is 6. The van der Waals surface area contributed by atoms with Crippen LogP contribution >= 0.6 is 34.9 Å². The minimum absolute atomic E-state index is 0.222. The first-order chi connectivity index (χ1) is 11.9. The van der Waals surface area contributed by atoms with Crippen LogP contribution in [0.3, 0.4) is 0 Å². The largest absolute Gasteiger partial charge is 0.287 e. The maximum Gasteiger partial charge on any atom is 0.287 e. The topological polar surface area (TPSA) is 60.7 Å². The van der Waals surface area contributed by atoms with Crippen molar-refractivity contribution < 1.29 is 0 Å². The van der Waals surface area contributed by atoms with Crippen molar-refractivity contribution in [1.82, 2.24) is 19.4 Å². The zero-order chi connectivity index (χ0) is 18.0. The van der Waals surface area contributed by atoms with Crippen LogP contribution in [0.15, 0.2) is 45.5 Å². The highest BCUT2D eigenvalue weighted by molar-refractivity contribution is 7.98. The van der Waals surface area contributed by atoms with Gasteiger partial charge in [-0.1, -0.05) is 40.4 Å². The van der Waals surface area contributed by atoms with E-state index in [0.29, 0.717) is 10.6 Å². The second kappa shape index (κ2) is 7.27. The molecule has 0 atom stereocenters. The van der Waals surface area contributed by atoms with Gasteiger partial charge in [0.05, 0.1) is 16.6 Å². The fourth-order valence-corrected chi connectivity index (χ4v) is 3.83. The highest BCUT2D eigenvalue weighted by Gasteiger charge is 2.19. The minimum Gasteiger partial charge on any atom is -0.266 e. The average Bonchev–Trinajstić information content (AvgIpc) is 3.10. The molecule has 1 aromatic carbocycles. The maximum absolute atomic E-state index is 12.4. The summed E-state index contributed by atoms with van der Waals surface area (Å²) in [4.78, 5) is 13.1. The molecule has 130 valence electrons. The van der Waals surface area contributed by atoms with Gasteiger partial charge in [0, 0.05) is 16.7 Å². The van der Waals surface area contributed by atoms with Crippen LogP contribution in [-0.2, 0) is 11.3 Å². The summed E-state index contributed by atoms with van der Waals surface area (Å²) < 4.78 is 5.29. The number of halogens is 1. The van der Waals surface area contributed by atoms with E-state index >= 15 is 0 Å². The molecule has 0 aliphatic heterocycles. The third-order valence-electron chi connectivity index (χ3n) is 3.53. The number of nitrogens with zero attached hydrogens (tertiary/aromatic N) is 4. The molecular weight excluding hydrogens is 376 g/mol. The normalized spacial score (nSPS) is 11.7. The summed E-state index contributed by atoms with van der Waals surface area (Å²) in [7, 11) is 0. The molecule has 8 heteroatoms. The van der Waals surface area contributed by atoms with Gasteiger partial charge in [-0.3, -0.25) is 4.79 Å². The molecule has 25 heavy (non-hydrogen) atoms. The van der Waals surface area contributed by atoms with Gasteiger partial charge in [0.25, 0.3) is 5.56 Å². The van der Waals surface area contributed by atoms with Crippen LogP contribution in [0.25, 0.3) is 11.3 Å². The summed E-state index contributed by atoms with van der Waals surface area (Å²) >= 11 is 9.09. The van der Waals surface area contributed by atoms with Gasteiger partial charge in [-0.15, -0.1) is 16.9 Å². The smallest absolute Gasteiger partial charge is 0.266 e. The number of benzene rings is 1. The van der Waals surface area contributed by atoms with Gasteiger partial charge < -0.3 is 0 Å². The Kier molecular flexibility index (Phi) is 5.27. The molecule has 0 unspecified atom stereocenters. The highest BCUT2D eigenvalue weighted by atomic mass is 35.5. The first-order valence-corrected chi connectivity index (χ1v) is 9.84. The minimum atomic E-state index is -0.399. The van der Waals surface area contributed by atoms with Crippen LogP contribution in [0.5, 0.6) is 0 Å². The van der Waals surface area contributed by atoms with Crippen LogP contribution in [0.4, 0.5) is 0 Å².